The molecule has 0 aliphatic carbocycles. The van der Waals surface area contributed by atoms with Gasteiger partial charge in [0.1, 0.15) is 11.5 Å². The van der Waals surface area contributed by atoms with Gasteiger partial charge in [0.25, 0.3) is 5.91 Å². The van der Waals surface area contributed by atoms with Gasteiger partial charge in [-0.25, -0.2) is 4.39 Å². The number of anilines is 1. The molecule has 1 fully saturated rings. The Balaban J connectivity index is 1.47. The zero-order valence-corrected chi connectivity index (χ0v) is 14.1. The average Bonchev–Trinajstić information content (AvgIpc) is 3.04. The fraction of sp³-hybridized carbons (Fsp3) is 0.250. The molecular formula is C20H20FN3O. The zero-order valence-electron chi connectivity index (χ0n) is 14.1. The molecule has 0 unspecified atom stereocenters. The number of aromatic nitrogens is 1. The second kappa shape index (κ2) is 6.24. The van der Waals surface area contributed by atoms with Crippen molar-refractivity contribution in [1.29, 1.82) is 0 Å². The van der Waals surface area contributed by atoms with Gasteiger partial charge in [-0.05, 0) is 48.9 Å². The van der Waals surface area contributed by atoms with Gasteiger partial charge >= 0.3 is 0 Å². The highest BCUT2D eigenvalue weighted by molar-refractivity contribution is 5.98. The number of aromatic amines is 1. The van der Waals surface area contributed by atoms with Crippen LogP contribution in [0.3, 0.4) is 0 Å². The Hall–Kier alpha value is -2.82. The Bertz CT molecular complexity index is 926. The van der Waals surface area contributed by atoms with Gasteiger partial charge in [-0.2, -0.15) is 0 Å². The number of nitrogens with zero attached hydrogens (tertiary/aromatic N) is 2. The maximum absolute atomic E-state index is 13.3. The summed E-state index contributed by atoms with van der Waals surface area (Å²) in [6, 6.07) is 14.7. The predicted octanol–water partition coefficient (Wildman–Crippen LogP) is 3.58. The molecule has 0 saturated carbocycles. The summed E-state index contributed by atoms with van der Waals surface area (Å²) < 4.78 is 13.3. The molecule has 0 bridgehead atoms. The van der Waals surface area contributed by atoms with Crippen LogP contribution in [-0.2, 0) is 0 Å². The van der Waals surface area contributed by atoms with E-state index in [9.17, 15) is 9.18 Å². The van der Waals surface area contributed by atoms with Gasteiger partial charge in [-0.1, -0.05) is 12.1 Å². The van der Waals surface area contributed by atoms with Gasteiger partial charge < -0.3 is 14.8 Å². The highest BCUT2D eigenvalue weighted by atomic mass is 19.1. The lowest BCUT2D eigenvalue weighted by atomic mass is 10.2. The topological polar surface area (TPSA) is 39.3 Å². The molecule has 0 atom stereocenters. The van der Waals surface area contributed by atoms with E-state index >= 15 is 0 Å². The lowest BCUT2D eigenvalue weighted by Crippen LogP contribution is -2.48. The van der Waals surface area contributed by atoms with Crippen LogP contribution in [0.5, 0.6) is 0 Å². The number of carbonyl (C=O) groups excluding carboxylic acids is 1. The molecule has 0 spiro atoms. The molecule has 1 aliphatic rings. The Morgan fingerprint density at radius 2 is 1.84 bits per heavy atom. The number of benzene rings is 2. The van der Waals surface area contributed by atoms with Gasteiger partial charge in [0.05, 0.1) is 0 Å². The van der Waals surface area contributed by atoms with Crippen LogP contribution in [-0.4, -0.2) is 42.0 Å². The van der Waals surface area contributed by atoms with E-state index in [0.717, 1.165) is 24.0 Å². The van der Waals surface area contributed by atoms with Crippen molar-refractivity contribution < 1.29 is 9.18 Å². The Morgan fingerprint density at radius 3 is 2.60 bits per heavy atom. The molecule has 1 saturated heterocycles. The molecule has 0 radical (unpaired) electrons. The van der Waals surface area contributed by atoms with E-state index in [-0.39, 0.29) is 11.7 Å². The van der Waals surface area contributed by atoms with Crippen LogP contribution in [0.1, 0.15) is 16.1 Å². The summed E-state index contributed by atoms with van der Waals surface area (Å²) in [7, 11) is 0. The number of nitrogens with one attached hydrogen (secondary N) is 1. The van der Waals surface area contributed by atoms with E-state index in [4.69, 9.17) is 0 Å². The largest absolute Gasteiger partial charge is 0.368 e. The third-order valence-electron chi connectivity index (χ3n) is 4.75. The summed E-state index contributed by atoms with van der Waals surface area (Å²) in [5.74, 6) is -0.322. The molecule has 1 aliphatic heterocycles. The summed E-state index contributed by atoms with van der Waals surface area (Å²) in [5, 5.41) is 0.724. The molecule has 128 valence electrons. The van der Waals surface area contributed by atoms with Crippen LogP contribution < -0.4 is 4.90 Å². The predicted molar refractivity (Wildman–Crippen MR) is 97.6 cm³/mol. The second-order valence-corrected chi connectivity index (χ2v) is 6.53. The quantitative estimate of drug-likeness (QED) is 0.776. The van der Waals surface area contributed by atoms with Crippen molar-refractivity contribution in [2.45, 2.75) is 6.92 Å². The lowest BCUT2D eigenvalue weighted by Gasteiger charge is -2.36. The van der Waals surface area contributed by atoms with Gasteiger partial charge in [0, 0.05) is 42.8 Å². The van der Waals surface area contributed by atoms with Crippen molar-refractivity contribution in [2.24, 2.45) is 0 Å². The Morgan fingerprint density at radius 1 is 1.04 bits per heavy atom. The molecule has 4 nitrogen and oxygen atoms in total. The molecule has 1 amide bonds. The van der Waals surface area contributed by atoms with Gasteiger partial charge in [0.2, 0.25) is 0 Å². The van der Waals surface area contributed by atoms with Crippen LogP contribution in [0.25, 0.3) is 10.9 Å². The molecule has 1 N–H and O–H groups in total. The fourth-order valence-electron chi connectivity index (χ4n) is 3.38. The van der Waals surface area contributed by atoms with E-state index in [1.807, 2.05) is 4.90 Å². The number of hydrogen-bond donors (Lipinski definition) is 1. The van der Waals surface area contributed by atoms with Crippen molar-refractivity contribution in [2.75, 3.05) is 31.1 Å². The molecule has 5 heteroatoms. The Labute approximate surface area is 145 Å². The number of amides is 1. The number of fused-ring (bicyclic) bond motifs is 1. The highest BCUT2D eigenvalue weighted by Crippen LogP contribution is 2.21. The van der Waals surface area contributed by atoms with E-state index in [2.05, 4.69) is 41.1 Å². The molecule has 2 aromatic carbocycles. The van der Waals surface area contributed by atoms with E-state index in [0.29, 0.717) is 18.8 Å². The van der Waals surface area contributed by atoms with Gasteiger partial charge in [-0.3, -0.25) is 4.79 Å². The number of rotatable bonds is 2. The van der Waals surface area contributed by atoms with Crippen LogP contribution in [0, 0.1) is 12.7 Å². The molecule has 3 aromatic rings. The number of hydrogen-bond acceptors (Lipinski definition) is 2. The maximum Gasteiger partial charge on any atom is 0.270 e. The van der Waals surface area contributed by atoms with Gasteiger partial charge in [-0.15, -0.1) is 0 Å². The number of carbonyl (C=O) groups is 1. The van der Waals surface area contributed by atoms with Gasteiger partial charge in [0.15, 0.2) is 0 Å². The monoisotopic (exact) mass is 337 g/mol. The third-order valence-corrected chi connectivity index (χ3v) is 4.75. The SMILES string of the molecule is Cc1cccc(N2CCN(C(=O)c3cc4cc(F)ccc4[nH]3)CC2)c1. The zero-order chi connectivity index (χ0) is 17.4. The maximum atomic E-state index is 13.3. The fourth-order valence-corrected chi connectivity index (χ4v) is 3.38. The summed E-state index contributed by atoms with van der Waals surface area (Å²) in [6.07, 6.45) is 0. The molecule has 4 rings (SSSR count). The van der Waals surface area contributed by atoms with Crippen LogP contribution in [0.2, 0.25) is 0 Å². The van der Waals surface area contributed by atoms with Crippen molar-refractivity contribution in [3.05, 3.63) is 65.6 Å². The van der Waals surface area contributed by atoms with E-state index in [1.165, 1.54) is 23.4 Å². The first kappa shape index (κ1) is 15.7. The van der Waals surface area contributed by atoms with Crippen LogP contribution >= 0.6 is 0 Å². The summed E-state index contributed by atoms with van der Waals surface area (Å²) in [5.41, 5.74) is 3.74. The molecule has 1 aromatic heterocycles. The van der Waals surface area contributed by atoms with Crippen molar-refractivity contribution >= 4 is 22.5 Å². The first-order valence-corrected chi connectivity index (χ1v) is 8.49. The minimum absolute atomic E-state index is 0.0273. The van der Waals surface area contributed by atoms with Crippen molar-refractivity contribution in [1.82, 2.24) is 9.88 Å². The van der Waals surface area contributed by atoms with Crippen LogP contribution in [0.4, 0.5) is 10.1 Å². The van der Waals surface area contributed by atoms with E-state index < -0.39 is 0 Å². The molecule has 25 heavy (non-hydrogen) atoms. The smallest absolute Gasteiger partial charge is 0.270 e. The van der Waals surface area contributed by atoms with Crippen LogP contribution in [0.15, 0.2) is 48.5 Å². The highest BCUT2D eigenvalue weighted by Gasteiger charge is 2.23. The third kappa shape index (κ3) is 3.09. The number of piperazine rings is 1. The first-order chi connectivity index (χ1) is 12.1. The second-order valence-electron chi connectivity index (χ2n) is 6.53. The van der Waals surface area contributed by atoms with Crippen molar-refractivity contribution in [3.8, 4) is 0 Å². The normalized spacial score (nSPS) is 15.0. The summed E-state index contributed by atoms with van der Waals surface area (Å²) >= 11 is 0. The summed E-state index contributed by atoms with van der Waals surface area (Å²) in [6.45, 7) is 5.06. The number of aryl methyl sites for hydroxylation is 1. The molecule has 2 heterocycles. The number of halogens is 1. The lowest BCUT2D eigenvalue weighted by molar-refractivity contribution is 0.0742. The minimum Gasteiger partial charge on any atom is -0.368 e. The first-order valence-electron chi connectivity index (χ1n) is 8.49. The molecular weight excluding hydrogens is 317 g/mol. The van der Waals surface area contributed by atoms with E-state index in [1.54, 1.807) is 12.1 Å². The van der Waals surface area contributed by atoms with Crippen molar-refractivity contribution in [3.63, 3.8) is 0 Å². The summed E-state index contributed by atoms with van der Waals surface area (Å²) in [4.78, 5) is 20.0. The average molecular weight is 337 g/mol. The minimum atomic E-state index is -0.294. The Kier molecular flexibility index (Phi) is 3.92. The standard InChI is InChI=1S/C20H20FN3O/c1-14-3-2-4-17(11-14)23-7-9-24(10-8-23)20(25)19-13-15-12-16(21)5-6-18(15)22-19/h2-6,11-13,22H,7-10H2,1H3. The number of H-pyrrole nitrogens is 1.